The van der Waals surface area contributed by atoms with E-state index in [1.807, 2.05) is 0 Å². The lowest BCUT2D eigenvalue weighted by Gasteiger charge is -2.05. The molecule has 1 amide bonds. The summed E-state index contributed by atoms with van der Waals surface area (Å²) in [4.78, 5) is 12.7. The first-order chi connectivity index (χ1) is 13.1. The van der Waals surface area contributed by atoms with Crippen LogP contribution >= 0.6 is 11.3 Å². The van der Waals surface area contributed by atoms with Gasteiger partial charge in [0.1, 0.15) is 11.6 Å². The number of halogens is 2. The van der Waals surface area contributed by atoms with Crippen LogP contribution in [0.4, 0.5) is 14.5 Å². The standard InChI is InChI=1S/C20H13F2N3OS/c21-13-6-3-12(4-7-13)5-8-16-14-10-18(15(22)11-17(14)25-24-16)23-20(26)19-2-1-9-27-19/h1-11H,(H,23,26)(H,24,25). The summed E-state index contributed by atoms with van der Waals surface area (Å²) in [6.07, 6.45) is 3.52. The number of carbonyl (C=O) groups is 1. The second-order valence-corrected chi connectivity index (χ2v) is 6.75. The van der Waals surface area contributed by atoms with Gasteiger partial charge in [0.2, 0.25) is 0 Å². The fraction of sp³-hybridized carbons (Fsp3) is 0. The first kappa shape index (κ1) is 17.1. The van der Waals surface area contributed by atoms with E-state index in [0.29, 0.717) is 21.5 Å². The van der Waals surface area contributed by atoms with Crippen molar-refractivity contribution < 1.29 is 13.6 Å². The summed E-state index contributed by atoms with van der Waals surface area (Å²) >= 11 is 1.28. The number of amides is 1. The van der Waals surface area contributed by atoms with E-state index >= 15 is 0 Å². The van der Waals surface area contributed by atoms with Crippen LogP contribution in [0, 0.1) is 11.6 Å². The number of aromatic amines is 1. The minimum atomic E-state index is -0.551. The van der Waals surface area contributed by atoms with Crippen LogP contribution in [0.5, 0.6) is 0 Å². The molecule has 0 saturated heterocycles. The number of carbonyl (C=O) groups excluding carboxylic acids is 1. The quantitative estimate of drug-likeness (QED) is 0.502. The summed E-state index contributed by atoms with van der Waals surface area (Å²) in [7, 11) is 0. The molecule has 27 heavy (non-hydrogen) atoms. The Balaban J connectivity index is 1.65. The number of hydrogen-bond donors (Lipinski definition) is 2. The average Bonchev–Trinajstić information content (AvgIpc) is 3.32. The SMILES string of the molecule is O=C(Nc1cc2c(C=Cc3ccc(F)cc3)n[nH]c2cc1F)c1cccs1. The Kier molecular flexibility index (Phi) is 4.52. The van der Waals surface area contributed by atoms with E-state index in [-0.39, 0.29) is 17.4 Å². The molecule has 4 rings (SSSR count). The van der Waals surface area contributed by atoms with Gasteiger partial charge in [-0.1, -0.05) is 24.3 Å². The fourth-order valence-electron chi connectivity index (χ4n) is 2.62. The van der Waals surface area contributed by atoms with Gasteiger partial charge in [-0.25, -0.2) is 8.78 Å². The number of aromatic nitrogens is 2. The number of nitrogens with zero attached hydrogens (tertiary/aromatic N) is 1. The lowest BCUT2D eigenvalue weighted by Crippen LogP contribution is -2.11. The van der Waals surface area contributed by atoms with Crippen LogP contribution in [-0.2, 0) is 0 Å². The van der Waals surface area contributed by atoms with Gasteiger partial charge < -0.3 is 5.32 Å². The molecule has 0 aliphatic rings. The van der Waals surface area contributed by atoms with Gasteiger partial charge in [0.05, 0.1) is 21.8 Å². The highest BCUT2D eigenvalue weighted by molar-refractivity contribution is 7.12. The molecule has 0 fully saturated rings. The highest BCUT2D eigenvalue weighted by Gasteiger charge is 2.13. The number of anilines is 1. The molecule has 7 heteroatoms. The summed E-state index contributed by atoms with van der Waals surface area (Å²) in [5, 5.41) is 12.0. The first-order valence-electron chi connectivity index (χ1n) is 8.06. The zero-order valence-electron chi connectivity index (χ0n) is 13.9. The molecule has 0 spiro atoms. The average molecular weight is 381 g/mol. The van der Waals surface area contributed by atoms with Gasteiger partial charge in [0.25, 0.3) is 5.91 Å². The van der Waals surface area contributed by atoms with Gasteiger partial charge in [-0.05, 0) is 41.3 Å². The smallest absolute Gasteiger partial charge is 0.265 e. The van der Waals surface area contributed by atoms with Crippen LogP contribution in [-0.4, -0.2) is 16.1 Å². The molecule has 2 N–H and O–H groups in total. The molecular formula is C20H13F2N3OS. The predicted molar refractivity (Wildman–Crippen MR) is 104 cm³/mol. The van der Waals surface area contributed by atoms with Gasteiger partial charge in [0.15, 0.2) is 0 Å². The van der Waals surface area contributed by atoms with Crippen LogP contribution in [0.2, 0.25) is 0 Å². The van der Waals surface area contributed by atoms with Crippen molar-refractivity contribution in [3.8, 4) is 0 Å². The van der Waals surface area contributed by atoms with Crippen molar-refractivity contribution in [3.63, 3.8) is 0 Å². The van der Waals surface area contributed by atoms with Crippen molar-refractivity contribution >= 4 is 46.0 Å². The number of rotatable bonds is 4. The van der Waals surface area contributed by atoms with E-state index in [0.717, 1.165) is 5.56 Å². The van der Waals surface area contributed by atoms with Crippen LogP contribution < -0.4 is 5.32 Å². The zero-order chi connectivity index (χ0) is 18.8. The molecule has 0 bridgehead atoms. The monoisotopic (exact) mass is 381 g/mol. The van der Waals surface area contributed by atoms with Crippen molar-refractivity contribution in [1.82, 2.24) is 10.2 Å². The third-order valence-corrected chi connectivity index (χ3v) is 4.85. The molecule has 2 aromatic heterocycles. The van der Waals surface area contributed by atoms with E-state index in [4.69, 9.17) is 0 Å². The fourth-order valence-corrected chi connectivity index (χ4v) is 3.24. The number of fused-ring (bicyclic) bond motifs is 1. The van der Waals surface area contributed by atoms with Gasteiger partial charge >= 0.3 is 0 Å². The number of H-pyrrole nitrogens is 1. The Morgan fingerprint density at radius 3 is 2.67 bits per heavy atom. The molecule has 2 heterocycles. The molecule has 0 saturated carbocycles. The van der Waals surface area contributed by atoms with Crippen molar-refractivity contribution in [3.05, 3.63) is 81.7 Å². The molecule has 4 nitrogen and oxygen atoms in total. The van der Waals surface area contributed by atoms with Gasteiger partial charge in [-0.15, -0.1) is 11.3 Å². The van der Waals surface area contributed by atoms with E-state index in [9.17, 15) is 13.6 Å². The van der Waals surface area contributed by atoms with E-state index in [1.54, 1.807) is 47.9 Å². The Hall–Kier alpha value is -3.32. The maximum Gasteiger partial charge on any atom is 0.265 e. The summed E-state index contributed by atoms with van der Waals surface area (Å²) < 4.78 is 27.3. The molecule has 0 atom stereocenters. The molecule has 0 unspecified atom stereocenters. The van der Waals surface area contributed by atoms with Crippen LogP contribution in [0.15, 0.2) is 53.9 Å². The van der Waals surface area contributed by atoms with E-state index in [2.05, 4.69) is 15.5 Å². The number of hydrogen-bond acceptors (Lipinski definition) is 3. The second kappa shape index (κ2) is 7.13. The molecule has 0 aliphatic heterocycles. The van der Waals surface area contributed by atoms with Gasteiger partial charge in [-0.2, -0.15) is 5.10 Å². The largest absolute Gasteiger partial charge is 0.319 e. The predicted octanol–water partition coefficient (Wildman–Crippen LogP) is 5.33. The van der Waals surface area contributed by atoms with E-state index < -0.39 is 5.82 Å². The molecule has 134 valence electrons. The van der Waals surface area contributed by atoms with Gasteiger partial charge in [0, 0.05) is 11.5 Å². The second-order valence-electron chi connectivity index (χ2n) is 5.80. The maximum absolute atomic E-state index is 14.3. The third kappa shape index (κ3) is 3.63. The van der Waals surface area contributed by atoms with Crippen LogP contribution in [0.25, 0.3) is 23.1 Å². The van der Waals surface area contributed by atoms with E-state index in [1.165, 1.54) is 29.5 Å². The zero-order valence-corrected chi connectivity index (χ0v) is 14.7. The lowest BCUT2D eigenvalue weighted by atomic mass is 10.1. The van der Waals surface area contributed by atoms with Crippen molar-refractivity contribution in [2.24, 2.45) is 0 Å². The molecule has 0 radical (unpaired) electrons. The Morgan fingerprint density at radius 1 is 1.11 bits per heavy atom. The van der Waals surface area contributed by atoms with Gasteiger partial charge in [-0.3, -0.25) is 9.89 Å². The lowest BCUT2D eigenvalue weighted by molar-refractivity contribution is 0.103. The van der Waals surface area contributed by atoms with Crippen molar-refractivity contribution in [2.45, 2.75) is 0 Å². The van der Waals surface area contributed by atoms with Crippen molar-refractivity contribution in [2.75, 3.05) is 5.32 Å². The molecular weight excluding hydrogens is 368 g/mol. The van der Waals surface area contributed by atoms with Crippen LogP contribution in [0.3, 0.4) is 0 Å². The summed E-state index contributed by atoms with van der Waals surface area (Å²) in [5.41, 5.74) is 1.99. The summed E-state index contributed by atoms with van der Waals surface area (Å²) in [6.45, 7) is 0. The normalized spacial score (nSPS) is 11.3. The summed E-state index contributed by atoms with van der Waals surface area (Å²) in [6, 6.07) is 12.3. The number of benzene rings is 2. The minimum absolute atomic E-state index is 0.0822. The number of nitrogens with one attached hydrogen (secondary N) is 2. The minimum Gasteiger partial charge on any atom is -0.319 e. The first-order valence-corrected chi connectivity index (χ1v) is 8.94. The summed E-state index contributed by atoms with van der Waals surface area (Å²) in [5.74, 6) is -1.22. The third-order valence-electron chi connectivity index (χ3n) is 3.98. The highest BCUT2D eigenvalue weighted by Crippen LogP contribution is 2.26. The number of thiophene rings is 1. The molecule has 4 aromatic rings. The Labute approximate surface area is 157 Å². The Morgan fingerprint density at radius 2 is 1.93 bits per heavy atom. The Bertz CT molecular complexity index is 1130. The van der Waals surface area contributed by atoms with Crippen molar-refractivity contribution in [1.29, 1.82) is 0 Å². The molecule has 0 aliphatic carbocycles. The van der Waals surface area contributed by atoms with Crippen LogP contribution in [0.1, 0.15) is 20.9 Å². The topological polar surface area (TPSA) is 57.8 Å². The maximum atomic E-state index is 14.3. The highest BCUT2D eigenvalue weighted by atomic mass is 32.1. The molecule has 2 aromatic carbocycles.